The fraction of sp³-hybridized carbons (Fsp3) is 0.400. The van der Waals surface area contributed by atoms with E-state index in [0.717, 1.165) is 34.4 Å². The monoisotopic (exact) mass is 359 g/mol. The number of hydrogen-bond donors (Lipinski definition) is 0. The summed E-state index contributed by atoms with van der Waals surface area (Å²) in [5, 5.41) is 0. The number of ether oxygens (including phenoxy) is 1. The number of nitrogens with zero attached hydrogens (tertiary/aromatic N) is 1. The maximum Gasteiger partial charge on any atom is 0.243 e. The van der Waals surface area contributed by atoms with Gasteiger partial charge in [0, 0.05) is 13.1 Å². The lowest BCUT2D eigenvalue weighted by atomic mass is 9.99. The van der Waals surface area contributed by atoms with Crippen LogP contribution in [0, 0.1) is 20.8 Å². The van der Waals surface area contributed by atoms with Gasteiger partial charge in [-0.05, 0) is 61.9 Å². The van der Waals surface area contributed by atoms with Crippen LogP contribution in [0.1, 0.15) is 34.6 Å². The van der Waals surface area contributed by atoms with Crippen molar-refractivity contribution in [3.05, 3.63) is 58.7 Å². The van der Waals surface area contributed by atoms with Crippen molar-refractivity contribution < 1.29 is 13.2 Å². The van der Waals surface area contributed by atoms with Crippen LogP contribution in [0.3, 0.4) is 0 Å². The third-order valence-corrected chi connectivity index (χ3v) is 7.11. The molecule has 1 aliphatic rings. The molecule has 1 saturated heterocycles. The van der Waals surface area contributed by atoms with Gasteiger partial charge in [0.25, 0.3) is 0 Å². The highest BCUT2D eigenvalue weighted by Gasteiger charge is 2.34. The van der Waals surface area contributed by atoms with Gasteiger partial charge in [0.2, 0.25) is 10.0 Å². The first-order chi connectivity index (χ1) is 11.8. The lowest BCUT2D eigenvalue weighted by Gasteiger charge is -2.20. The Bertz CT molecular complexity index is 849. The zero-order valence-corrected chi connectivity index (χ0v) is 16.1. The lowest BCUT2D eigenvalue weighted by molar-refractivity contribution is 0.414. The van der Waals surface area contributed by atoms with Crippen LogP contribution in [0.15, 0.2) is 41.3 Å². The minimum Gasteiger partial charge on any atom is -0.497 e. The van der Waals surface area contributed by atoms with Crippen molar-refractivity contribution in [2.24, 2.45) is 0 Å². The number of rotatable bonds is 4. The summed E-state index contributed by atoms with van der Waals surface area (Å²) < 4.78 is 33.2. The minimum atomic E-state index is -3.46. The van der Waals surface area contributed by atoms with E-state index in [1.54, 1.807) is 11.4 Å². The van der Waals surface area contributed by atoms with Gasteiger partial charge >= 0.3 is 0 Å². The summed E-state index contributed by atoms with van der Waals surface area (Å²) in [5.74, 6) is 1.05. The van der Waals surface area contributed by atoms with Gasteiger partial charge in [-0.2, -0.15) is 4.31 Å². The Labute approximate surface area is 150 Å². The van der Waals surface area contributed by atoms with E-state index in [-0.39, 0.29) is 5.92 Å². The molecule has 3 rings (SSSR count). The maximum absolute atomic E-state index is 13.2. The Balaban J connectivity index is 1.85. The maximum atomic E-state index is 13.2. The summed E-state index contributed by atoms with van der Waals surface area (Å²) in [6, 6.07) is 11.8. The molecule has 5 heteroatoms. The molecule has 1 fully saturated rings. The molecule has 2 aromatic rings. The lowest BCUT2D eigenvalue weighted by Crippen LogP contribution is -2.30. The van der Waals surface area contributed by atoms with E-state index in [0.29, 0.717) is 18.0 Å². The summed E-state index contributed by atoms with van der Waals surface area (Å²) in [6.07, 6.45) is 0.843. The van der Waals surface area contributed by atoms with Crippen molar-refractivity contribution in [2.45, 2.75) is 38.0 Å². The smallest absolute Gasteiger partial charge is 0.243 e. The van der Waals surface area contributed by atoms with E-state index in [1.807, 2.05) is 57.2 Å². The van der Waals surface area contributed by atoms with Gasteiger partial charge in [0.15, 0.2) is 0 Å². The second-order valence-electron chi connectivity index (χ2n) is 6.85. The molecule has 25 heavy (non-hydrogen) atoms. The second kappa shape index (κ2) is 6.81. The molecule has 1 unspecified atom stereocenters. The van der Waals surface area contributed by atoms with Crippen molar-refractivity contribution >= 4 is 10.0 Å². The molecule has 0 aliphatic carbocycles. The third-order valence-electron chi connectivity index (χ3n) is 4.94. The standard InChI is InChI=1S/C20H25NO3S/c1-14-11-15(2)20(16(3)12-14)25(22,23)21-10-9-18(13-21)17-5-7-19(24-4)8-6-17/h5-8,11-12,18H,9-10,13H2,1-4H3. The second-order valence-corrected chi connectivity index (χ2v) is 8.72. The molecule has 0 saturated carbocycles. The average Bonchev–Trinajstić information content (AvgIpc) is 3.04. The minimum absolute atomic E-state index is 0.228. The number of aryl methyl sites for hydroxylation is 3. The summed E-state index contributed by atoms with van der Waals surface area (Å²) in [7, 11) is -1.82. The number of methoxy groups -OCH3 is 1. The molecule has 0 aromatic heterocycles. The summed E-state index contributed by atoms with van der Waals surface area (Å²) in [5.41, 5.74) is 3.90. The van der Waals surface area contributed by atoms with Gasteiger partial charge in [-0.3, -0.25) is 0 Å². The van der Waals surface area contributed by atoms with Gasteiger partial charge in [0.05, 0.1) is 12.0 Å². The fourth-order valence-electron chi connectivity index (χ4n) is 3.80. The highest BCUT2D eigenvalue weighted by molar-refractivity contribution is 7.89. The summed E-state index contributed by atoms with van der Waals surface area (Å²) >= 11 is 0. The van der Waals surface area contributed by atoms with Crippen LogP contribution in [0.4, 0.5) is 0 Å². The predicted molar refractivity (Wildman–Crippen MR) is 99.8 cm³/mol. The number of hydrogen-bond acceptors (Lipinski definition) is 3. The summed E-state index contributed by atoms with van der Waals surface area (Å²) in [4.78, 5) is 0.466. The topological polar surface area (TPSA) is 46.6 Å². The van der Waals surface area contributed by atoms with Crippen LogP contribution in [-0.2, 0) is 10.0 Å². The number of benzene rings is 2. The molecule has 134 valence electrons. The third kappa shape index (κ3) is 3.44. The van der Waals surface area contributed by atoms with Gasteiger partial charge in [-0.25, -0.2) is 8.42 Å². The molecule has 0 amide bonds. The average molecular weight is 359 g/mol. The molecule has 1 aliphatic heterocycles. The highest BCUT2D eigenvalue weighted by Crippen LogP contribution is 2.33. The Morgan fingerprint density at radius 3 is 2.20 bits per heavy atom. The first-order valence-corrected chi connectivity index (χ1v) is 9.99. The fourth-order valence-corrected chi connectivity index (χ4v) is 5.71. The van der Waals surface area contributed by atoms with E-state index in [4.69, 9.17) is 4.74 Å². The predicted octanol–water partition coefficient (Wildman–Crippen LogP) is 3.80. The molecule has 0 N–H and O–H groups in total. The molecule has 1 atom stereocenters. The van der Waals surface area contributed by atoms with Crippen LogP contribution in [-0.4, -0.2) is 32.9 Å². The van der Waals surface area contributed by atoms with Crippen molar-refractivity contribution in [1.82, 2.24) is 4.31 Å². The number of sulfonamides is 1. The van der Waals surface area contributed by atoms with E-state index in [9.17, 15) is 8.42 Å². The Hall–Kier alpha value is -1.85. The van der Waals surface area contributed by atoms with Crippen LogP contribution in [0.2, 0.25) is 0 Å². The van der Waals surface area contributed by atoms with Crippen LogP contribution < -0.4 is 4.74 Å². The van der Waals surface area contributed by atoms with Gasteiger partial charge in [-0.15, -0.1) is 0 Å². The molecule has 0 bridgehead atoms. The molecular formula is C20H25NO3S. The summed E-state index contributed by atoms with van der Waals surface area (Å²) in [6.45, 7) is 6.84. The van der Waals surface area contributed by atoms with E-state index in [2.05, 4.69) is 0 Å². The molecular weight excluding hydrogens is 334 g/mol. The first kappa shape index (κ1) is 18.0. The van der Waals surface area contributed by atoms with Crippen molar-refractivity contribution in [2.75, 3.05) is 20.2 Å². The van der Waals surface area contributed by atoms with Crippen molar-refractivity contribution in [1.29, 1.82) is 0 Å². The van der Waals surface area contributed by atoms with Gasteiger partial charge in [-0.1, -0.05) is 29.8 Å². The van der Waals surface area contributed by atoms with Crippen LogP contribution in [0.5, 0.6) is 5.75 Å². The highest BCUT2D eigenvalue weighted by atomic mass is 32.2. The first-order valence-electron chi connectivity index (χ1n) is 8.55. The molecule has 2 aromatic carbocycles. The zero-order chi connectivity index (χ0) is 18.2. The largest absolute Gasteiger partial charge is 0.497 e. The van der Waals surface area contributed by atoms with Gasteiger partial charge in [0.1, 0.15) is 5.75 Å². The van der Waals surface area contributed by atoms with Crippen LogP contribution in [0.25, 0.3) is 0 Å². The van der Waals surface area contributed by atoms with E-state index in [1.165, 1.54) is 0 Å². The van der Waals surface area contributed by atoms with Crippen molar-refractivity contribution in [3.8, 4) is 5.75 Å². The Morgan fingerprint density at radius 2 is 1.64 bits per heavy atom. The van der Waals surface area contributed by atoms with E-state index >= 15 is 0 Å². The van der Waals surface area contributed by atoms with Crippen LogP contribution >= 0.6 is 0 Å². The zero-order valence-electron chi connectivity index (χ0n) is 15.2. The van der Waals surface area contributed by atoms with Gasteiger partial charge < -0.3 is 4.74 Å². The molecule has 4 nitrogen and oxygen atoms in total. The van der Waals surface area contributed by atoms with E-state index < -0.39 is 10.0 Å². The Morgan fingerprint density at radius 1 is 1.04 bits per heavy atom. The molecule has 0 spiro atoms. The normalized spacial score (nSPS) is 18.5. The van der Waals surface area contributed by atoms with Crippen molar-refractivity contribution in [3.63, 3.8) is 0 Å². The molecule has 0 radical (unpaired) electrons. The SMILES string of the molecule is COc1ccc(C2CCN(S(=O)(=O)c3c(C)cc(C)cc3C)C2)cc1. The quantitative estimate of drug-likeness (QED) is 0.834. The Kier molecular flexibility index (Phi) is 4.89. The molecule has 1 heterocycles.